The van der Waals surface area contributed by atoms with Gasteiger partial charge in [0.05, 0.1) is 4.92 Å². The molecule has 0 heterocycles. The van der Waals surface area contributed by atoms with E-state index in [1.807, 2.05) is 0 Å². The quantitative estimate of drug-likeness (QED) is 0.234. The van der Waals surface area contributed by atoms with E-state index in [0.717, 1.165) is 25.7 Å². The molecule has 4 rings (SSSR count). The van der Waals surface area contributed by atoms with Crippen molar-refractivity contribution in [2.75, 3.05) is 0 Å². The first kappa shape index (κ1) is 24.5. The number of nitrogens with zero attached hydrogens (tertiary/aromatic N) is 1. The van der Waals surface area contributed by atoms with E-state index in [4.69, 9.17) is 34.8 Å². The van der Waals surface area contributed by atoms with Crippen LogP contribution in [0.5, 0.6) is 0 Å². The molecule has 0 aromatic carbocycles. The summed E-state index contributed by atoms with van der Waals surface area (Å²) in [6, 6.07) is 0.235. The first-order valence-electron chi connectivity index (χ1n) is 11.8. The highest BCUT2D eigenvalue weighted by molar-refractivity contribution is 6.59. The molecule has 0 amide bonds. The van der Waals surface area contributed by atoms with E-state index < -0.39 is 4.92 Å². The zero-order chi connectivity index (χ0) is 23.9. The van der Waals surface area contributed by atoms with E-state index >= 15 is 0 Å². The summed E-state index contributed by atoms with van der Waals surface area (Å²) in [6.07, 6.45) is 6.62. The monoisotopic (exact) mass is 503 g/mol. The summed E-state index contributed by atoms with van der Waals surface area (Å²) in [6.45, 7) is 14.0. The van der Waals surface area contributed by atoms with Gasteiger partial charge in [-0.15, -0.1) is 0 Å². The zero-order valence-corrected chi connectivity index (χ0v) is 22.2. The van der Waals surface area contributed by atoms with E-state index in [-0.39, 0.29) is 49.0 Å². The lowest BCUT2D eigenvalue weighted by Crippen LogP contribution is -2.51. The van der Waals surface area contributed by atoms with Gasteiger partial charge in [-0.1, -0.05) is 76.3 Å². The topological polar surface area (TPSA) is 67.2 Å². The number of hydrogen-bond donors (Lipinski definition) is 2. The van der Waals surface area contributed by atoms with E-state index in [2.05, 4.69) is 52.2 Å². The molecule has 180 valence electrons. The fraction of sp³-hybridized carbons (Fsp3) is 0.833. The highest BCUT2D eigenvalue weighted by Crippen LogP contribution is 2.67. The molecule has 6 atom stereocenters. The Bertz CT molecular complexity index is 847. The minimum absolute atomic E-state index is 0.0467. The summed E-state index contributed by atoms with van der Waals surface area (Å²) < 4.78 is -0.293. The molecule has 8 heteroatoms. The van der Waals surface area contributed by atoms with Gasteiger partial charge in [0.25, 0.3) is 0 Å². The molecule has 4 bridgehead atoms. The largest absolute Gasteiger partial charge is 0.363 e. The number of rotatable bonds is 6. The Labute approximate surface area is 206 Å². The second-order valence-corrected chi connectivity index (χ2v) is 13.5. The Kier molecular flexibility index (Phi) is 5.87. The van der Waals surface area contributed by atoms with Crippen LogP contribution in [0.25, 0.3) is 0 Å². The van der Waals surface area contributed by atoms with Gasteiger partial charge < -0.3 is 10.6 Å². The first-order valence-corrected chi connectivity index (χ1v) is 12.9. The molecule has 0 saturated heterocycles. The van der Waals surface area contributed by atoms with Gasteiger partial charge in [0.2, 0.25) is 0 Å². The van der Waals surface area contributed by atoms with Crippen LogP contribution in [0, 0.1) is 43.6 Å². The van der Waals surface area contributed by atoms with Crippen molar-refractivity contribution in [3.63, 3.8) is 0 Å². The maximum absolute atomic E-state index is 12.2. The number of nitrogens with one attached hydrogen (secondary N) is 2. The third-order valence-corrected chi connectivity index (χ3v) is 12.0. The minimum atomic E-state index is -0.468. The highest BCUT2D eigenvalue weighted by atomic mass is 35.5. The van der Waals surface area contributed by atoms with Crippen LogP contribution in [0.2, 0.25) is 0 Å². The van der Waals surface area contributed by atoms with Gasteiger partial charge in [-0.3, -0.25) is 10.1 Å². The molecule has 5 nitrogen and oxygen atoms in total. The third-order valence-electron chi connectivity index (χ3n) is 11.0. The van der Waals surface area contributed by atoms with Crippen LogP contribution in [0.3, 0.4) is 0 Å². The van der Waals surface area contributed by atoms with Gasteiger partial charge >= 0.3 is 5.70 Å². The van der Waals surface area contributed by atoms with Crippen LogP contribution in [0.1, 0.15) is 80.1 Å². The smallest absolute Gasteiger partial charge is 0.329 e. The Morgan fingerprint density at radius 1 is 0.844 bits per heavy atom. The Morgan fingerprint density at radius 3 is 1.50 bits per heavy atom. The lowest BCUT2D eigenvalue weighted by molar-refractivity contribution is -0.421. The predicted molar refractivity (Wildman–Crippen MR) is 131 cm³/mol. The molecular weight excluding hydrogens is 469 g/mol. The average Bonchev–Trinajstić information content (AvgIpc) is 3.19. The second-order valence-electron chi connectivity index (χ2n) is 12.2. The Morgan fingerprint density at radius 2 is 1.25 bits per heavy atom. The number of nitro groups is 1. The maximum atomic E-state index is 12.2. The van der Waals surface area contributed by atoms with Crippen molar-refractivity contribution in [2.45, 2.75) is 92.2 Å². The molecule has 0 aromatic rings. The third kappa shape index (κ3) is 3.24. The summed E-state index contributed by atoms with van der Waals surface area (Å²) in [7, 11) is 0. The van der Waals surface area contributed by atoms with Crippen LogP contribution in [-0.4, -0.2) is 17.0 Å². The highest BCUT2D eigenvalue weighted by Gasteiger charge is 2.63. The molecule has 32 heavy (non-hydrogen) atoms. The summed E-state index contributed by atoms with van der Waals surface area (Å²) in [5.74, 6) is 1.57. The van der Waals surface area contributed by atoms with Crippen molar-refractivity contribution in [3.8, 4) is 0 Å². The van der Waals surface area contributed by atoms with Crippen LogP contribution in [0.15, 0.2) is 21.0 Å². The second kappa shape index (κ2) is 7.68. The van der Waals surface area contributed by atoms with Gasteiger partial charge in [0.1, 0.15) is 4.49 Å². The standard InChI is InChI=1S/C24H36Cl3N3O2/c1-21(2)13-7-9-23(21,5)15(11-13)28-20(18(30(31)32)17(25)19(26)27)29-16-12-14-8-10-24(16,6)22(14,3)4/h13-16,28-29H,7-12H2,1-6H3/t13-,14+,15-,16-,23-,24+/m0/s1. The SMILES string of the molecule is CC1(C)[C@H]2CC[C@@]1(C)[C@@H](NC(N[C@H]1C[C@H]3CC[C@@]1(C)C3(C)C)=C(C(Cl)=C(Cl)Cl)[N+](=O)[O-])C2. The summed E-state index contributed by atoms with van der Waals surface area (Å²) in [5.41, 5.74) is 0.180. The molecule has 4 saturated carbocycles. The van der Waals surface area contributed by atoms with Crippen LogP contribution in [0.4, 0.5) is 0 Å². The van der Waals surface area contributed by atoms with Crippen molar-refractivity contribution in [1.29, 1.82) is 0 Å². The molecule has 4 aliphatic rings. The minimum Gasteiger partial charge on any atom is -0.363 e. The normalized spacial score (nSPS) is 41.4. The first-order chi connectivity index (χ1) is 14.7. The number of fused-ring (bicyclic) bond motifs is 4. The maximum Gasteiger partial charge on any atom is 0.329 e. The van der Waals surface area contributed by atoms with E-state index in [1.54, 1.807) is 0 Å². The molecule has 0 radical (unpaired) electrons. The van der Waals surface area contributed by atoms with Crippen LogP contribution in [-0.2, 0) is 0 Å². The molecule has 0 aliphatic heterocycles. The predicted octanol–water partition coefficient (Wildman–Crippen LogP) is 6.93. The van der Waals surface area contributed by atoms with Gasteiger partial charge in [0, 0.05) is 12.1 Å². The van der Waals surface area contributed by atoms with E-state index in [0.29, 0.717) is 17.7 Å². The molecular formula is C24H36Cl3N3O2. The van der Waals surface area contributed by atoms with Crippen LogP contribution >= 0.6 is 34.8 Å². The van der Waals surface area contributed by atoms with Gasteiger partial charge in [0.15, 0.2) is 10.9 Å². The Balaban J connectivity index is 1.73. The lowest BCUT2D eigenvalue weighted by atomic mass is 9.69. The van der Waals surface area contributed by atoms with Gasteiger partial charge in [-0.25, -0.2) is 0 Å². The van der Waals surface area contributed by atoms with E-state index in [1.165, 1.54) is 12.8 Å². The average molecular weight is 505 g/mol. The van der Waals surface area contributed by atoms with Gasteiger partial charge in [-0.05, 0) is 72.0 Å². The Hall–Kier alpha value is -0.650. The number of halogens is 3. The number of allylic oxidation sites excluding steroid dienone is 1. The molecule has 0 aromatic heterocycles. The van der Waals surface area contributed by atoms with Crippen molar-refractivity contribution in [2.24, 2.45) is 33.5 Å². The fourth-order valence-corrected chi connectivity index (χ4v) is 8.08. The zero-order valence-electron chi connectivity index (χ0n) is 19.9. The molecule has 0 spiro atoms. The molecule has 4 fully saturated rings. The van der Waals surface area contributed by atoms with Crippen molar-refractivity contribution >= 4 is 34.8 Å². The summed E-state index contributed by atoms with van der Waals surface area (Å²) in [5, 5.41) is 19.1. The molecule has 2 N–H and O–H groups in total. The number of hydrogen-bond acceptors (Lipinski definition) is 4. The molecule has 4 aliphatic carbocycles. The van der Waals surface area contributed by atoms with E-state index in [9.17, 15) is 10.1 Å². The molecule has 0 unspecified atom stereocenters. The fourth-order valence-electron chi connectivity index (χ4n) is 7.74. The van der Waals surface area contributed by atoms with Crippen LogP contribution < -0.4 is 10.6 Å². The van der Waals surface area contributed by atoms with Crippen molar-refractivity contribution < 1.29 is 4.92 Å². The van der Waals surface area contributed by atoms with Crippen molar-refractivity contribution in [3.05, 3.63) is 31.2 Å². The van der Waals surface area contributed by atoms with Gasteiger partial charge in [-0.2, -0.15) is 0 Å². The van der Waals surface area contributed by atoms with Crippen molar-refractivity contribution in [1.82, 2.24) is 10.6 Å². The summed E-state index contributed by atoms with van der Waals surface area (Å²) in [4.78, 5) is 11.7. The lowest BCUT2D eigenvalue weighted by Gasteiger charge is -2.42. The summed E-state index contributed by atoms with van der Waals surface area (Å²) >= 11 is 18.2.